The SMILES string of the molecule is Cc1ccc(/C=C2/SC(=S)N(c3ccc(Br)c(Cl)c3)C2=O)o1. The fourth-order valence-electron chi connectivity index (χ4n) is 1.97. The van der Waals surface area contributed by atoms with Crippen molar-refractivity contribution in [3.05, 3.63) is 56.3 Å². The van der Waals surface area contributed by atoms with Gasteiger partial charge in [-0.05, 0) is 53.2 Å². The van der Waals surface area contributed by atoms with Crippen molar-refractivity contribution in [3.63, 3.8) is 0 Å². The number of nitrogens with zero attached hydrogens (tertiary/aromatic N) is 1. The molecule has 0 spiro atoms. The number of carbonyl (C=O) groups is 1. The van der Waals surface area contributed by atoms with E-state index in [-0.39, 0.29) is 5.91 Å². The van der Waals surface area contributed by atoms with Crippen LogP contribution < -0.4 is 4.90 Å². The van der Waals surface area contributed by atoms with Crippen LogP contribution >= 0.6 is 51.5 Å². The molecule has 0 saturated carbocycles. The van der Waals surface area contributed by atoms with E-state index < -0.39 is 0 Å². The molecule has 0 bridgehead atoms. The van der Waals surface area contributed by atoms with Crippen molar-refractivity contribution in [2.45, 2.75) is 6.92 Å². The number of anilines is 1. The second-order valence-corrected chi connectivity index (χ2v) is 7.50. The lowest BCUT2D eigenvalue weighted by Gasteiger charge is -2.15. The molecule has 0 atom stereocenters. The quantitative estimate of drug-likeness (QED) is 0.486. The number of rotatable bonds is 2. The predicted molar refractivity (Wildman–Crippen MR) is 98.2 cm³/mol. The molecule has 0 aliphatic carbocycles. The van der Waals surface area contributed by atoms with Gasteiger partial charge in [-0.3, -0.25) is 9.69 Å². The normalized spacial score (nSPS) is 16.9. The van der Waals surface area contributed by atoms with Crippen LogP contribution in [0.4, 0.5) is 5.69 Å². The molecule has 2 aromatic rings. The Labute approximate surface area is 150 Å². The van der Waals surface area contributed by atoms with E-state index in [9.17, 15) is 4.79 Å². The molecule has 3 nitrogen and oxygen atoms in total. The fourth-order valence-corrected chi connectivity index (χ4v) is 3.68. The molecule has 3 rings (SSSR count). The number of furan rings is 1. The molecule has 1 amide bonds. The third-order valence-electron chi connectivity index (χ3n) is 2.99. The number of thioether (sulfide) groups is 1. The van der Waals surface area contributed by atoms with Gasteiger partial charge in [0.2, 0.25) is 0 Å². The van der Waals surface area contributed by atoms with Crippen LogP contribution in [0.3, 0.4) is 0 Å². The smallest absolute Gasteiger partial charge is 0.270 e. The zero-order valence-corrected chi connectivity index (χ0v) is 15.3. The summed E-state index contributed by atoms with van der Waals surface area (Å²) in [5.41, 5.74) is 0.648. The molecule has 0 unspecified atom stereocenters. The van der Waals surface area contributed by atoms with E-state index in [2.05, 4.69) is 15.9 Å². The molecule has 1 aliphatic heterocycles. The summed E-state index contributed by atoms with van der Waals surface area (Å²) in [5.74, 6) is 1.25. The van der Waals surface area contributed by atoms with Crippen LogP contribution in [0, 0.1) is 6.92 Å². The van der Waals surface area contributed by atoms with Crippen LogP contribution in [0.15, 0.2) is 44.1 Å². The predicted octanol–water partition coefficient (Wildman–Crippen LogP) is 5.41. The first-order valence-electron chi connectivity index (χ1n) is 6.25. The van der Waals surface area contributed by atoms with Gasteiger partial charge in [0.1, 0.15) is 11.5 Å². The summed E-state index contributed by atoms with van der Waals surface area (Å²) >= 11 is 16.0. The highest BCUT2D eigenvalue weighted by Gasteiger charge is 2.33. The molecule has 1 saturated heterocycles. The maximum atomic E-state index is 12.6. The second kappa shape index (κ2) is 6.20. The Morgan fingerprint density at radius 1 is 1.36 bits per heavy atom. The summed E-state index contributed by atoms with van der Waals surface area (Å²) < 4.78 is 6.71. The van der Waals surface area contributed by atoms with E-state index in [1.165, 1.54) is 16.7 Å². The number of benzene rings is 1. The average Bonchev–Trinajstić information content (AvgIpc) is 2.98. The van der Waals surface area contributed by atoms with Gasteiger partial charge in [0.25, 0.3) is 5.91 Å². The van der Waals surface area contributed by atoms with Crippen LogP contribution in [0.2, 0.25) is 5.02 Å². The third-order valence-corrected chi connectivity index (χ3v) is 5.52. The van der Waals surface area contributed by atoms with Gasteiger partial charge in [-0.2, -0.15) is 0 Å². The van der Waals surface area contributed by atoms with E-state index in [0.717, 1.165) is 10.2 Å². The Kier molecular flexibility index (Phi) is 4.45. The molecule has 1 aromatic heterocycles. The van der Waals surface area contributed by atoms with Crippen molar-refractivity contribution in [2.24, 2.45) is 0 Å². The zero-order chi connectivity index (χ0) is 15.9. The highest BCUT2D eigenvalue weighted by atomic mass is 79.9. The maximum absolute atomic E-state index is 12.6. The largest absolute Gasteiger partial charge is 0.462 e. The Balaban J connectivity index is 1.94. The van der Waals surface area contributed by atoms with Crippen molar-refractivity contribution in [3.8, 4) is 0 Å². The van der Waals surface area contributed by atoms with Gasteiger partial charge in [0.15, 0.2) is 4.32 Å². The van der Waals surface area contributed by atoms with Crippen LogP contribution in [0.25, 0.3) is 6.08 Å². The topological polar surface area (TPSA) is 33.5 Å². The standard InChI is InChI=1S/C15H9BrClNO2S2/c1-8-2-4-10(20-8)7-13-14(19)18(15(21)22-13)9-3-5-11(16)12(17)6-9/h2-7H,1H3/b13-7+. The number of hydrogen-bond donors (Lipinski definition) is 0. The summed E-state index contributed by atoms with van der Waals surface area (Å²) in [6.45, 7) is 1.85. The summed E-state index contributed by atoms with van der Waals surface area (Å²) in [4.78, 5) is 14.6. The lowest BCUT2D eigenvalue weighted by Crippen LogP contribution is -2.27. The first-order chi connectivity index (χ1) is 10.5. The number of thiocarbonyl (C=S) groups is 1. The lowest BCUT2D eigenvalue weighted by atomic mass is 10.3. The molecule has 22 heavy (non-hydrogen) atoms. The van der Waals surface area contributed by atoms with E-state index in [1.807, 2.05) is 19.1 Å². The monoisotopic (exact) mass is 413 g/mol. The van der Waals surface area contributed by atoms with Gasteiger partial charge in [0, 0.05) is 10.5 Å². The number of carbonyl (C=O) groups excluding carboxylic acids is 1. The van der Waals surface area contributed by atoms with Crippen molar-refractivity contribution in [1.82, 2.24) is 0 Å². The minimum Gasteiger partial charge on any atom is -0.462 e. The van der Waals surface area contributed by atoms with Gasteiger partial charge in [0.05, 0.1) is 15.6 Å². The van der Waals surface area contributed by atoms with Gasteiger partial charge in [-0.1, -0.05) is 35.6 Å². The van der Waals surface area contributed by atoms with Crippen molar-refractivity contribution in [2.75, 3.05) is 4.90 Å². The molecule has 2 heterocycles. The Morgan fingerprint density at radius 2 is 2.14 bits per heavy atom. The Bertz CT molecular complexity index is 816. The van der Waals surface area contributed by atoms with Gasteiger partial charge >= 0.3 is 0 Å². The molecule has 0 radical (unpaired) electrons. The van der Waals surface area contributed by atoms with E-state index >= 15 is 0 Å². The number of amides is 1. The van der Waals surface area contributed by atoms with Crippen LogP contribution in [0.1, 0.15) is 11.5 Å². The highest BCUT2D eigenvalue weighted by Crippen LogP contribution is 2.38. The molecule has 1 aromatic carbocycles. The summed E-state index contributed by atoms with van der Waals surface area (Å²) in [6, 6.07) is 8.95. The van der Waals surface area contributed by atoms with Gasteiger partial charge in [-0.25, -0.2) is 0 Å². The molecule has 112 valence electrons. The Hall–Kier alpha value is -1.08. The summed E-state index contributed by atoms with van der Waals surface area (Å²) in [7, 11) is 0. The van der Waals surface area contributed by atoms with Crippen molar-refractivity contribution >= 4 is 73.5 Å². The summed E-state index contributed by atoms with van der Waals surface area (Å²) in [5, 5.41) is 0.525. The van der Waals surface area contributed by atoms with E-state index in [0.29, 0.717) is 25.7 Å². The molecule has 1 aliphatic rings. The molecular formula is C15H9BrClNO2S2. The second-order valence-electron chi connectivity index (χ2n) is 4.56. The fraction of sp³-hybridized carbons (Fsp3) is 0.0667. The molecule has 0 N–H and O–H groups in total. The van der Waals surface area contributed by atoms with Crippen molar-refractivity contribution in [1.29, 1.82) is 0 Å². The molecule has 1 fully saturated rings. The molecule has 7 heteroatoms. The van der Waals surface area contributed by atoms with Crippen LogP contribution in [-0.4, -0.2) is 10.2 Å². The summed E-state index contributed by atoms with van der Waals surface area (Å²) in [6.07, 6.45) is 1.70. The minimum atomic E-state index is -0.178. The lowest BCUT2D eigenvalue weighted by molar-refractivity contribution is -0.113. The third kappa shape index (κ3) is 3.01. The average molecular weight is 415 g/mol. The van der Waals surface area contributed by atoms with Crippen molar-refractivity contribution < 1.29 is 9.21 Å². The van der Waals surface area contributed by atoms with Gasteiger partial charge < -0.3 is 4.42 Å². The first kappa shape index (κ1) is 15.8. The maximum Gasteiger partial charge on any atom is 0.270 e. The number of aryl methyl sites for hydroxylation is 1. The minimum absolute atomic E-state index is 0.178. The number of hydrogen-bond acceptors (Lipinski definition) is 4. The van der Waals surface area contributed by atoms with Gasteiger partial charge in [-0.15, -0.1) is 0 Å². The molecular weight excluding hydrogens is 406 g/mol. The highest BCUT2D eigenvalue weighted by molar-refractivity contribution is 9.10. The first-order valence-corrected chi connectivity index (χ1v) is 8.65. The van der Waals surface area contributed by atoms with E-state index in [1.54, 1.807) is 24.3 Å². The van der Waals surface area contributed by atoms with Crippen LogP contribution in [-0.2, 0) is 4.79 Å². The number of halogens is 2. The van der Waals surface area contributed by atoms with Crippen LogP contribution in [0.5, 0.6) is 0 Å². The zero-order valence-electron chi connectivity index (χ0n) is 11.3. The van der Waals surface area contributed by atoms with E-state index in [4.69, 9.17) is 28.2 Å². The Morgan fingerprint density at radius 3 is 2.77 bits per heavy atom.